The van der Waals surface area contributed by atoms with Gasteiger partial charge in [-0.05, 0) is 125 Å². The summed E-state index contributed by atoms with van der Waals surface area (Å²) >= 11 is 0. The van der Waals surface area contributed by atoms with Gasteiger partial charge in [0.1, 0.15) is 35.2 Å². The number of Topliss-reactive ketones (excluding diaryl/α,β-unsaturated/α-hetero) is 3. The van der Waals surface area contributed by atoms with Crippen molar-refractivity contribution in [3.63, 3.8) is 0 Å². The fourth-order valence-electron chi connectivity index (χ4n) is 13.8. The number of amides is 1. The Balaban J connectivity index is 1.00. The Morgan fingerprint density at radius 3 is 2.13 bits per heavy atom. The third-order valence-corrected chi connectivity index (χ3v) is 19.4. The number of nitrogens with zero attached hydrogens (tertiary/aromatic N) is 1. The number of piperidine rings is 1. The number of hydrogen-bond acceptors (Lipinski definition) is 16. The number of benzene rings is 2. The molecule has 4 heterocycles. The topological polar surface area (TPSA) is 231 Å². The molecule has 2 aromatic rings. The predicted octanol–water partition coefficient (Wildman–Crippen LogP) is 9.26. The molecule has 2 bridgehead atoms. The van der Waals surface area contributed by atoms with E-state index in [1.165, 1.54) is 4.90 Å². The Morgan fingerprint density at radius 2 is 1.48 bits per heavy atom. The normalized spacial score (nSPS) is 34.8. The third kappa shape index (κ3) is 14.5. The minimum absolute atomic E-state index is 0.0277. The smallest absolute Gasteiger partial charge is 0.329 e. The van der Waals surface area contributed by atoms with E-state index in [2.05, 4.69) is 0 Å². The number of carbonyl (C=O) groups is 6. The zero-order valence-electron chi connectivity index (χ0n) is 52.1. The maximum atomic E-state index is 14.8. The summed E-state index contributed by atoms with van der Waals surface area (Å²) in [6.45, 7) is 13.8. The molecule has 0 aromatic heterocycles. The number of fused-ring (bicyclic) bond motifs is 8. The molecule has 17 nitrogen and oxygen atoms in total. The first kappa shape index (κ1) is 66.5. The van der Waals surface area contributed by atoms with Gasteiger partial charge in [-0.15, -0.1) is 0 Å². The maximum Gasteiger partial charge on any atom is 0.329 e. The average Bonchev–Trinajstić information content (AvgIpc) is 1.56. The van der Waals surface area contributed by atoms with Gasteiger partial charge in [0.05, 0.1) is 50.2 Å². The third-order valence-electron chi connectivity index (χ3n) is 19.4. The first-order chi connectivity index (χ1) is 41.0. The van der Waals surface area contributed by atoms with E-state index < -0.39 is 119 Å². The SMILES string of the molecule is CO[C@H]1C[C@@H]2CC[C@@H](C)[C@@](O)(O2)C(=O)C(=O)N2CCCC[C@H]2C(=O)O[C@H]([C@H](C)C[C@@H]2CC[C@@H](OC(=O)C3(C)COC4(OC3)c3ccccc3-c3ccccc34)[C@H](OC)C2)CC(=O)[C@H](C)/C=C(\C)[C@@H](O)[C@@H](CO)C(=O)[C@H](C)C[C@H](C)/C=C/C=CC=C1C. The largest absolute Gasteiger partial charge is 0.460 e. The van der Waals surface area contributed by atoms with Crippen LogP contribution in [-0.4, -0.2) is 144 Å². The standard InChI is InChI=1S/C69H93NO16/c1-41-20-12-11-13-21-42(2)58(80-9)36-49-29-27-47(7)68(79,86-49)63(75)64(76)70-31-19-18-26-55(70)65(77)84-59(37-56(72)43(3)33-46(6)62(74)52(38-71)61(73)45(5)32-41)44(4)34-48-28-30-57(60(35-48)81-10)85-66(78)67(8)39-82-69(83-40-67)53-24-16-14-22-50(53)51-23-15-17-25-54(51)69/h11-17,20-25,33,41,43-45,47-49,52,55,57-60,62,71,74,79H,18-19,26-32,34-40H2,1-10H3/b13-11?,20-12+,42-21?,46-33+/t41-,43-,44-,45-,47-,48+,49+,52+,55+,57-,58+,59+,60-,62-,68-/m1/s1. The van der Waals surface area contributed by atoms with Crippen LogP contribution in [0.25, 0.3) is 11.1 Å². The molecule has 6 aliphatic rings. The summed E-state index contributed by atoms with van der Waals surface area (Å²) < 4.78 is 44.0. The van der Waals surface area contributed by atoms with E-state index in [-0.39, 0.29) is 62.4 Å². The molecule has 4 fully saturated rings. The molecule has 3 saturated heterocycles. The van der Waals surface area contributed by atoms with Gasteiger partial charge in [-0.25, -0.2) is 4.79 Å². The van der Waals surface area contributed by atoms with Crippen LogP contribution in [0.4, 0.5) is 0 Å². The van der Waals surface area contributed by atoms with E-state index in [1.807, 2.05) is 99.7 Å². The van der Waals surface area contributed by atoms with E-state index in [0.29, 0.717) is 63.4 Å². The zero-order chi connectivity index (χ0) is 62.3. The van der Waals surface area contributed by atoms with Crippen LogP contribution in [0.3, 0.4) is 0 Å². The molecular formula is C69H93NO16. The minimum Gasteiger partial charge on any atom is -0.460 e. The van der Waals surface area contributed by atoms with Crippen molar-refractivity contribution in [3.8, 4) is 11.1 Å². The quantitative estimate of drug-likeness (QED) is 0.127. The highest BCUT2D eigenvalue weighted by molar-refractivity contribution is 6.39. The van der Waals surface area contributed by atoms with Crippen LogP contribution in [-0.2, 0) is 67.7 Å². The number of methoxy groups -OCH3 is 2. The Kier molecular flexibility index (Phi) is 22.2. The highest BCUT2D eigenvalue weighted by Crippen LogP contribution is 2.53. The molecule has 1 amide bonds. The van der Waals surface area contributed by atoms with Crippen molar-refractivity contribution in [2.75, 3.05) is 40.6 Å². The summed E-state index contributed by atoms with van der Waals surface area (Å²) in [5, 5.41) is 34.2. The van der Waals surface area contributed by atoms with Crippen molar-refractivity contribution >= 4 is 35.2 Å². The van der Waals surface area contributed by atoms with Crippen molar-refractivity contribution < 1.29 is 77.2 Å². The maximum absolute atomic E-state index is 14.8. The average molecular weight is 1190 g/mol. The summed E-state index contributed by atoms with van der Waals surface area (Å²) in [4.78, 5) is 87.5. The molecule has 0 radical (unpaired) electrons. The number of aliphatic hydroxyl groups excluding tert-OH is 2. The monoisotopic (exact) mass is 1190 g/mol. The lowest BCUT2D eigenvalue weighted by Crippen LogP contribution is -2.61. The molecule has 17 heteroatoms. The van der Waals surface area contributed by atoms with E-state index in [0.717, 1.165) is 27.8 Å². The predicted molar refractivity (Wildman–Crippen MR) is 321 cm³/mol. The number of aliphatic hydroxyl groups is 3. The second-order valence-corrected chi connectivity index (χ2v) is 25.9. The van der Waals surface area contributed by atoms with Crippen LogP contribution in [0.1, 0.15) is 144 Å². The number of ether oxygens (including phenoxy) is 7. The molecule has 15 atom stereocenters. The molecule has 1 saturated carbocycles. The van der Waals surface area contributed by atoms with Crippen LogP contribution in [0, 0.1) is 46.8 Å². The molecule has 1 spiro atoms. The van der Waals surface area contributed by atoms with Gasteiger partial charge in [0, 0.05) is 62.5 Å². The van der Waals surface area contributed by atoms with Crippen molar-refractivity contribution in [2.45, 2.75) is 187 Å². The summed E-state index contributed by atoms with van der Waals surface area (Å²) in [5.74, 6) is -11.5. The van der Waals surface area contributed by atoms with Crippen molar-refractivity contribution in [1.29, 1.82) is 0 Å². The van der Waals surface area contributed by atoms with Gasteiger partial charge in [-0.2, -0.15) is 0 Å². The van der Waals surface area contributed by atoms with E-state index >= 15 is 0 Å². The molecule has 86 heavy (non-hydrogen) atoms. The van der Waals surface area contributed by atoms with Crippen LogP contribution in [0.2, 0.25) is 0 Å². The first-order valence-electron chi connectivity index (χ1n) is 31.2. The van der Waals surface area contributed by atoms with Gasteiger partial charge >= 0.3 is 11.9 Å². The summed E-state index contributed by atoms with van der Waals surface area (Å²) in [5.41, 5.74) is 3.88. The number of cyclic esters (lactones) is 1. The fourth-order valence-corrected chi connectivity index (χ4v) is 13.8. The highest BCUT2D eigenvalue weighted by Gasteiger charge is 2.55. The fraction of sp³-hybridized carbons (Fsp3) is 0.623. The van der Waals surface area contributed by atoms with Gasteiger partial charge in [0.15, 0.2) is 0 Å². The highest BCUT2D eigenvalue weighted by atomic mass is 16.7. The summed E-state index contributed by atoms with van der Waals surface area (Å²) in [6, 6.07) is 14.7. The number of hydrogen-bond donors (Lipinski definition) is 3. The second kappa shape index (κ2) is 28.8. The number of ketones is 3. The van der Waals surface area contributed by atoms with Gasteiger partial charge in [0.25, 0.3) is 11.7 Å². The lowest BCUT2D eigenvalue weighted by atomic mass is 9.78. The van der Waals surface area contributed by atoms with E-state index in [1.54, 1.807) is 54.9 Å². The molecular weight excluding hydrogens is 1100 g/mol. The number of rotatable bonds is 8. The number of carbonyl (C=O) groups excluding carboxylic acids is 6. The Hall–Kier alpha value is -5.50. The Labute approximate surface area is 507 Å². The molecule has 4 aliphatic heterocycles. The molecule has 0 unspecified atom stereocenters. The van der Waals surface area contributed by atoms with Crippen LogP contribution < -0.4 is 0 Å². The number of allylic oxidation sites excluding steroid dienone is 6. The van der Waals surface area contributed by atoms with E-state index in [9.17, 15) is 44.1 Å². The van der Waals surface area contributed by atoms with E-state index in [4.69, 9.17) is 33.2 Å². The Morgan fingerprint density at radius 1 is 0.802 bits per heavy atom. The lowest BCUT2D eigenvalue weighted by molar-refractivity contribution is -0.286. The zero-order valence-corrected chi connectivity index (χ0v) is 52.1. The van der Waals surface area contributed by atoms with Crippen molar-refractivity contribution in [1.82, 2.24) is 4.90 Å². The minimum atomic E-state index is -2.48. The van der Waals surface area contributed by atoms with Crippen molar-refractivity contribution in [2.24, 2.45) is 46.8 Å². The molecule has 2 aromatic carbocycles. The van der Waals surface area contributed by atoms with Gasteiger partial charge in [0.2, 0.25) is 11.6 Å². The van der Waals surface area contributed by atoms with Crippen molar-refractivity contribution in [3.05, 3.63) is 107 Å². The number of esters is 2. The Bertz CT molecular complexity index is 2840. The second-order valence-electron chi connectivity index (χ2n) is 25.9. The van der Waals surface area contributed by atoms with Crippen LogP contribution in [0.15, 0.2) is 96.1 Å². The van der Waals surface area contributed by atoms with Crippen LogP contribution in [0.5, 0.6) is 0 Å². The van der Waals surface area contributed by atoms with Gasteiger partial charge in [-0.1, -0.05) is 120 Å². The summed E-state index contributed by atoms with van der Waals surface area (Å²) in [7, 11) is 3.15. The lowest BCUT2D eigenvalue weighted by Gasteiger charge is -2.44. The molecule has 8 rings (SSSR count). The van der Waals surface area contributed by atoms with Crippen LogP contribution >= 0.6 is 0 Å². The van der Waals surface area contributed by atoms with Gasteiger partial charge in [-0.3, -0.25) is 24.0 Å². The summed E-state index contributed by atoms with van der Waals surface area (Å²) in [6.07, 6.45) is 11.1. The molecule has 470 valence electrons. The van der Waals surface area contributed by atoms with Gasteiger partial charge < -0.3 is 53.4 Å². The molecule has 2 aliphatic carbocycles. The molecule has 3 N–H and O–H groups in total. The first-order valence-corrected chi connectivity index (χ1v) is 31.2.